The van der Waals surface area contributed by atoms with E-state index in [-0.39, 0.29) is 17.9 Å². The van der Waals surface area contributed by atoms with Gasteiger partial charge in [-0.3, -0.25) is 14.6 Å². The Hall–Kier alpha value is -3.44. The van der Waals surface area contributed by atoms with Gasteiger partial charge in [-0.1, -0.05) is 91.0 Å². The minimum Gasteiger partial charge on any atom is -0.431 e. The summed E-state index contributed by atoms with van der Waals surface area (Å²) in [5.41, 5.74) is 1.69. The van der Waals surface area contributed by atoms with E-state index in [2.05, 4.69) is 4.90 Å². The third kappa shape index (κ3) is 3.41. The lowest BCUT2D eigenvalue weighted by atomic mass is 9.79. The number of amides is 1. The standard InChI is InChI=1S/C26H24N2O3/c29-23(20-10-4-1-5-11-20)18-27-16-17-28-24(19-27)26(31-25(28)30,21-12-6-2-7-13-21)22-14-8-3-9-15-22/h1-15,24H,16-19H2. The third-order valence-electron chi connectivity index (χ3n) is 6.28. The lowest BCUT2D eigenvalue weighted by Gasteiger charge is -2.42. The van der Waals surface area contributed by atoms with Crippen molar-refractivity contribution in [3.05, 3.63) is 108 Å². The van der Waals surface area contributed by atoms with Crippen molar-refractivity contribution in [3.8, 4) is 0 Å². The summed E-state index contributed by atoms with van der Waals surface area (Å²) in [5.74, 6) is 0.0873. The molecule has 1 atom stereocenters. The Labute approximate surface area is 181 Å². The Balaban J connectivity index is 1.50. The van der Waals surface area contributed by atoms with Gasteiger partial charge in [-0.25, -0.2) is 4.79 Å². The lowest BCUT2D eigenvalue weighted by molar-refractivity contribution is 0.0425. The van der Waals surface area contributed by atoms with Gasteiger partial charge < -0.3 is 4.74 Å². The Kier molecular flexibility index (Phi) is 5.04. The van der Waals surface area contributed by atoms with Crippen molar-refractivity contribution in [2.45, 2.75) is 11.6 Å². The topological polar surface area (TPSA) is 49.9 Å². The number of piperazine rings is 1. The Morgan fingerprint density at radius 1 is 0.839 bits per heavy atom. The molecule has 0 aliphatic carbocycles. The number of nitrogens with zero attached hydrogens (tertiary/aromatic N) is 2. The molecule has 3 aromatic rings. The molecule has 0 N–H and O–H groups in total. The number of rotatable bonds is 5. The fourth-order valence-electron chi connectivity index (χ4n) is 4.77. The van der Waals surface area contributed by atoms with Crippen LogP contribution in [0.1, 0.15) is 21.5 Å². The summed E-state index contributed by atoms with van der Waals surface area (Å²) in [6.07, 6.45) is -0.299. The molecule has 2 heterocycles. The van der Waals surface area contributed by atoms with Crippen molar-refractivity contribution in [1.29, 1.82) is 0 Å². The van der Waals surface area contributed by atoms with E-state index in [1.807, 2.05) is 95.9 Å². The van der Waals surface area contributed by atoms with Crippen LogP contribution in [0.2, 0.25) is 0 Å². The van der Waals surface area contributed by atoms with E-state index in [1.165, 1.54) is 0 Å². The fourth-order valence-corrected chi connectivity index (χ4v) is 4.77. The highest BCUT2D eigenvalue weighted by atomic mass is 16.6. The van der Waals surface area contributed by atoms with Crippen molar-refractivity contribution in [2.75, 3.05) is 26.2 Å². The quantitative estimate of drug-likeness (QED) is 0.596. The van der Waals surface area contributed by atoms with E-state index >= 15 is 0 Å². The zero-order valence-electron chi connectivity index (χ0n) is 17.2. The summed E-state index contributed by atoms with van der Waals surface area (Å²) >= 11 is 0. The summed E-state index contributed by atoms with van der Waals surface area (Å²) in [5, 5.41) is 0. The van der Waals surface area contributed by atoms with Crippen LogP contribution < -0.4 is 0 Å². The van der Waals surface area contributed by atoms with Gasteiger partial charge in [0.25, 0.3) is 0 Å². The molecular weight excluding hydrogens is 388 g/mol. The number of carbonyl (C=O) groups is 2. The first kappa shape index (κ1) is 19.5. The number of fused-ring (bicyclic) bond motifs is 1. The van der Waals surface area contributed by atoms with E-state index in [4.69, 9.17) is 4.74 Å². The van der Waals surface area contributed by atoms with Crippen LogP contribution in [0.3, 0.4) is 0 Å². The highest BCUT2D eigenvalue weighted by Crippen LogP contribution is 2.45. The first-order chi connectivity index (χ1) is 15.2. The maximum atomic E-state index is 12.9. The van der Waals surface area contributed by atoms with E-state index in [0.29, 0.717) is 31.7 Å². The van der Waals surface area contributed by atoms with E-state index < -0.39 is 5.60 Å². The van der Waals surface area contributed by atoms with E-state index in [1.54, 1.807) is 0 Å². The van der Waals surface area contributed by atoms with Crippen LogP contribution in [0.5, 0.6) is 0 Å². The molecule has 0 radical (unpaired) electrons. The van der Waals surface area contributed by atoms with Gasteiger partial charge in [-0.2, -0.15) is 0 Å². The number of carbonyl (C=O) groups excluding carboxylic acids is 2. The summed E-state index contributed by atoms with van der Waals surface area (Å²) in [6, 6.07) is 29.0. The molecule has 31 heavy (non-hydrogen) atoms. The second-order valence-corrected chi connectivity index (χ2v) is 8.07. The second kappa shape index (κ2) is 8.00. The van der Waals surface area contributed by atoms with Gasteiger partial charge in [0.05, 0.1) is 12.6 Å². The zero-order chi connectivity index (χ0) is 21.3. The highest BCUT2D eigenvalue weighted by Gasteiger charge is 2.57. The lowest BCUT2D eigenvalue weighted by Crippen LogP contribution is -2.57. The van der Waals surface area contributed by atoms with Gasteiger partial charge in [0.2, 0.25) is 0 Å². The van der Waals surface area contributed by atoms with Crippen LogP contribution in [-0.2, 0) is 10.3 Å². The molecule has 156 valence electrons. The molecule has 5 rings (SSSR count). The van der Waals surface area contributed by atoms with E-state index in [9.17, 15) is 9.59 Å². The number of ether oxygens (including phenoxy) is 1. The average Bonchev–Trinajstić information content (AvgIpc) is 3.13. The Morgan fingerprint density at radius 3 is 1.97 bits per heavy atom. The number of benzene rings is 3. The van der Waals surface area contributed by atoms with Gasteiger partial charge >= 0.3 is 6.09 Å². The average molecular weight is 412 g/mol. The molecule has 2 saturated heterocycles. The molecule has 2 aliphatic rings. The molecule has 5 heteroatoms. The number of hydrogen-bond acceptors (Lipinski definition) is 4. The van der Waals surface area contributed by atoms with Gasteiger partial charge in [0.15, 0.2) is 11.4 Å². The summed E-state index contributed by atoms with van der Waals surface area (Å²) < 4.78 is 6.18. The first-order valence-electron chi connectivity index (χ1n) is 10.6. The Bertz CT molecular complexity index is 1030. The fraction of sp³-hybridized carbons (Fsp3) is 0.231. The van der Waals surface area contributed by atoms with Gasteiger partial charge in [-0.05, 0) is 0 Å². The molecular formula is C26H24N2O3. The molecule has 5 nitrogen and oxygen atoms in total. The highest BCUT2D eigenvalue weighted by molar-refractivity contribution is 5.97. The zero-order valence-corrected chi connectivity index (χ0v) is 17.2. The minimum absolute atomic E-state index is 0.0873. The molecule has 2 fully saturated rings. The molecule has 3 aromatic carbocycles. The molecule has 0 bridgehead atoms. The Morgan fingerprint density at radius 2 is 1.39 bits per heavy atom. The third-order valence-corrected chi connectivity index (χ3v) is 6.28. The number of hydrogen-bond donors (Lipinski definition) is 0. The molecule has 0 saturated carbocycles. The molecule has 0 aromatic heterocycles. The molecule has 2 aliphatic heterocycles. The van der Waals surface area contributed by atoms with Crippen LogP contribution in [0.4, 0.5) is 4.79 Å². The SMILES string of the molecule is O=C(CN1CCN2C(=O)OC(c3ccccc3)(c3ccccc3)C2C1)c1ccccc1. The monoisotopic (exact) mass is 412 g/mol. The molecule has 0 spiro atoms. The van der Waals surface area contributed by atoms with Crippen molar-refractivity contribution in [2.24, 2.45) is 0 Å². The second-order valence-electron chi connectivity index (χ2n) is 8.07. The normalized spacial score (nSPS) is 20.2. The first-order valence-corrected chi connectivity index (χ1v) is 10.6. The molecule has 1 amide bonds. The maximum Gasteiger partial charge on any atom is 0.411 e. The van der Waals surface area contributed by atoms with E-state index in [0.717, 1.165) is 11.1 Å². The largest absolute Gasteiger partial charge is 0.431 e. The minimum atomic E-state index is -0.909. The summed E-state index contributed by atoms with van der Waals surface area (Å²) in [6.45, 7) is 2.06. The van der Waals surface area contributed by atoms with Crippen molar-refractivity contribution in [1.82, 2.24) is 9.80 Å². The van der Waals surface area contributed by atoms with Crippen LogP contribution in [0.25, 0.3) is 0 Å². The number of cyclic esters (lactones) is 1. The van der Waals surface area contributed by atoms with Gasteiger partial charge in [-0.15, -0.1) is 0 Å². The summed E-state index contributed by atoms with van der Waals surface area (Å²) in [4.78, 5) is 29.7. The van der Waals surface area contributed by atoms with Crippen molar-refractivity contribution >= 4 is 11.9 Å². The number of Topliss-reactive ketones (excluding diaryl/α,β-unsaturated/α-hetero) is 1. The van der Waals surface area contributed by atoms with Crippen LogP contribution >= 0.6 is 0 Å². The summed E-state index contributed by atoms with van der Waals surface area (Å²) in [7, 11) is 0. The van der Waals surface area contributed by atoms with Crippen molar-refractivity contribution < 1.29 is 14.3 Å². The van der Waals surface area contributed by atoms with Gasteiger partial charge in [0, 0.05) is 36.3 Å². The van der Waals surface area contributed by atoms with Crippen LogP contribution in [0.15, 0.2) is 91.0 Å². The van der Waals surface area contributed by atoms with Crippen molar-refractivity contribution in [3.63, 3.8) is 0 Å². The predicted octanol–water partition coefficient (Wildman–Crippen LogP) is 3.95. The van der Waals surface area contributed by atoms with Crippen LogP contribution in [0, 0.1) is 0 Å². The molecule has 1 unspecified atom stereocenters. The van der Waals surface area contributed by atoms with Crippen LogP contribution in [-0.4, -0.2) is 53.9 Å². The number of ketones is 1. The van der Waals surface area contributed by atoms with Gasteiger partial charge in [0.1, 0.15) is 0 Å². The predicted molar refractivity (Wildman–Crippen MR) is 118 cm³/mol. The smallest absolute Gasteiger partial charge is 0.411 e. The maximum absolute atomic E-state index is 12.9.